The highest BCUT2D eigenvalue weighted by Gasteiger charge is 2.03. The van der Waals surface area contributed by atoms with Crippen molar-refractivity contribution in [3.05, 3.63) is 35.2 Å². The minimum Gasteiger partial charge on any atom is -0.213 e. The van der Waals surface area contributed by atoms with Crippen molar-refractivity contribution in [1.82, 2.24) is 9.36 Å². The lowest BCUT2D eigenvalue weighted by atomic mass is 10.1. The molecule has 0 radical (unpaired) electrons. The molecule has 0 unspecified atom stereocenters. The zero-order chi connectivity index (χ0) is 10.8. The van der Waals surface area contributed by atoms with Gasteiger partial charge in [-0.1, -0.05) is 17.8 Å². The van der Waals surface area contributed by atoms with Crippen molar-refractivity contribution in [3.8, 4) is 0 Å². The molecule has 1 aromatic heterocycles. The zero-order valence-corrected chi connectivity index (χ0v) is 10.6. The lowest BCUT2D eigenvalue weighted by molar-refractivity contribution is 1.10. The molecule has 2 nitrogen and oxygen atoms in total. The van der Waals surface area contributed by atoms with Gasteiger partial charge in [0.25, 0.3) is 0 Å². The van der Waals surface area contributed by atoms with E-state index in [1.54, 1.807) is 11.8 Å². The molecule has 1 aromatic carbocycles. The number of benzene rings is 1. The Bertz CT molecular complexity index is 477. The molecule has 0 aliphatic heterocycles. The van der Waals surface area contributed by atoms with E-state index in [0.29, 0.717) is 0 Å². The fourth-order valence-corrected chi connectivity index (χ4v) is 2.92. The molecule has 0 aliphatic carbocycles. The highest BCUT2D eigenvalue weighted by Crippen LogP contribution is 2.29. The normalized spacial score (nSPS) is 10.6. The van der Waals surface area contributed by atoms with E-state index < -0.39 is 0 Å². The van der Waals surface area contributed by atoms with Gasteiger partial charge in [0.05, 0.1) is 0 Å². The van der Waals surface area contributed by atoms with Gasteiger partial charge in [0.15, 0.2) is 4.34 Å². The maximum absolute atomic E-state index is 4.33. The van der Waals surface area contributed by atoms with Crippen LogP contribution in [-0.4, -0.2) is 9.36 Å². The van der Waals surface area contributed by atoms with Crippen molar-refractivity contribution >= 4 is 23.3 Å². The minimum atomic E-state index is 0.853. The Labute approximate surface area is 97.9 Å². The van der Waals surface area contributed by atoms with Gasteiger partial charge in [-0.3, -0.25) is 0 Å². The number of hydrogen-bond acceptors (Lipinski definition) is 4. The van der Waals surface area contributed by atoms with Crippen LogP contribution >= 0.6 is 23.3 Å². The molecule has 1 heterocycles. The summed E-state index contributed by atoms with van der Waals surface area (Å²) in [7, 11) is 0. The summed E-state index contributed by atoms with van der Waals surface area (Å²) >= 11 is 3.13. The van der Waals surface area contributed by atoms with E-state index in [1.165, 1.54) is 27.6 Å². The first-order valence-corrected chi connectivity index (χ1v) is 6.29. The summed E-state index contributed by atoms with van der Waals surface area (Å²) in [6.07, 6.45) is 0. The second kappa shape index (κ2) is 4.33. The molecule has 0 saturated heterocycles. The number of rotatable bonds is 2. The number of aryl methyl sites for hydroxylation is 3. The van der Waals surface area contributed by atoms with E-state index in [1.807, 2.05) is 6.92 Å². The van der Waals surface area contributed by atoms with E-state index in [0.717, 1.165) is 10.2 Å². The van der Waals surface area contributed by atoms with Gasteiger partial charge in [0.1, 0.15) is 5.82 Å². The molecule has 0 fully saturated rings. The average Bonchev–Trinajstić information content (AvgIpc) is 2.58. The van der Waals surface area contributed by atoms with E-state index in [4.69, 9.17) is 0 Å². The molecule has 0 N–H and O–H groups in total. The van der Waals surface area contributed by atoms with Gasteiger partial charge in [0.2, 0.25) is 0 Å². The monoisotopic (exact) mass is 236 g/mol. The van der Waals surface area contributed by atoms with Crippen LogP contribution in [-0.2, 0) is 0 Å². The minimum absolute atomic E-state index is 0.853. The number of nitrogens with zero attached hydrogens (tertiary/aromatic N) is 2. The molecule has 4 heteroatoms. The number of hydrogen-bond donors (Lipinski definition) is 0. The van der Waals surface area contributed by atoms with Crippen LogP contribution in [0.4, 0.5) is 0 Å². The van der Waals surface area contributed by atoms with Crippen LogP contribution in [0.2, 0.25) is 0 Å². The molecular weight excluding hydrogens is 224 g/mol. The smallest absolute Gasteiger partial charge is 0.174 e. The second-order valence-corrected chi connectivity index (χ2v) is 5.53. The summed E-state index contributed by atoms with van der Waals surface area (Å²) < 4.78 is 5.17. The van der Waals surface area contributed by atoms with Crippen molar-refractivity contribution in [2.75, 3.05) is 0 Å². The fraction of sp³-hybridized carbons (Fsp3) is 0.273. The predicted molar refractivity (Wildman–Crippen MR) is 64.7 cm³/mol. The topological polar surface area (TPSA) is 25.8 Å². The van der Waals surface area contributed by atoms with Gasteiger partial charge < -0.3 is 0 Å². The van der Waals surface area contributed by atoms with E-state index in [2.05, 4.69) is 41.4 Å². The van der Waals surface area contributed by atoms with Crippen LogP contribution in [0.5, 0.6) is 0 Å². The third kappa shape index (κ3) is 2.58. The summed E-state index contributed by atoms with van der Waals surface area (Å²) in [6, 6.07) is 6.46. The van der Waals surface area contributed by atoms with Crippen molar-refractivity contribution in [2.24, 2.45) is 0 Å². The SMILES string of the molecule is Cc1nsc(Sc2ccc(C)c(C)c2)n1. The van der Waals surface area contributed by atoms with Gasteiger partial charge in [0, 0.05) is 4.90 Å². The molecule has 0 bridgehead atoms. The number of aromatic nitrogens is 2. The maximum Gasteiger partial charge on any atom is 0.174 e. The first kappa shape index (κ1) is 10.6. The summed E-state index contributed by atoms with van der Waals surface area (Å²) in [6.45, 7) is 6.17. The van der Waals surface area contributed by atoms with Crippen LogP contribution in [0, 0.1) is 20.8 Å². The van der Waals surface area contributed by atoms with Gasteiger partial charge in [-0.15, -0.1) is 0 Å². The van der Waals surface area contributed by atoms with Crippen LogP contribution < -0.4 is 0 Å². The van der Waals surface area contributed by atoms with Crippen LogP contribution in [0.15, 0.2) is 27.4 Å². The fourth-order valence-electron chi connectivity index (χ4n) is 1.20. The molecule has 78 valence electrons. The zero-order valence-electron chi connectivity index (χ0n) is 8.94. The first-order chi connectivity index (χ1) is 7.15. The molecule has 2 rings (SSSR count). The lowest BCUT2D eigenvalue weighted by Gasteiger charge is -2.02. The highest BCUT2D eigenvalue weighted by atomic mass is 32.2. The largest absolute Gasteiger partial charge is 0.213 e. The molecule has 0 amide bonds. The molecular formula is C11H12N2S2. The Hall–Kier alpha value is -0.870. The molecule has 2 aromatic rings. The van der Waals surface area contributed by atoms with Crippen LogP contribution in [0.25, 0.3) is 0 Å². The summed E-state index contributed by atoms with van der Waals surface area (Å²) in [5.74, 6) is 0.853. The van der Waals surface area contributed by atoms with Crippen molar-refractivity contribution in [3.63, 3.8) is 0 Å². The Morgan fingerprint density at radius 1 is 1.13 bits per heavy atom. The standard InChI is InChI=1S/C11H12N2S2/c1-7-4-5-10(6-8(7)2)14-11-12-9(3)13-15-11/h4-6H,1-3H3. The molecule has 0 saturated carbocycles. The van der Waals surface area contributed by atoms with E-state index >= 15 is 0 Å². The Morgan fingerprint density at radius 2 is 1.93 bits per heavy atom. The highest BCUT2D eigenvalue weighted by molar-refractivity contribution is 8.01. The predicted octanol–water partition coefficient (Wildman–Crippen LogP) is 3.61. The van der Waals surface area contributed by atoms with Crippen molar-refractivity contribution in [1.29, 1.82) is 0 Å². The van der Waals surface area contributed by atoms with Crippen molar-refractivity contribution in [2.45, 2.75) is 30.0 Å². The van der Waals surface area contributed by atoms with Gasteiger partial charge >= 0.3 is 0 Å². The summed E-state index contributed by atoms with van der Waals surface area (Å²) in [5.41, 5.74) is 2.65. The van der Waals surface area contributed by atoms with Crippen LogP contribution in [0.1, 0.15) is 17.0 Å². The first-order valence-electron chi connectivity index (χ1n) is 4.70. The molecule has 0 aliphatic rings. The third-order valence-electron chi connectivity index (χ3n) is 2.19. The average molecular weight is 236 g/mol. The Kier molecular flexibility index (Phi) is 3.07. The summed E-state index contributed by atoms with van der Waals surface area (Å²) in [4.78, 5) is 5.56. The second-order valence-electron chi connectivity index (χ2n) is 3.46. The molecule has 0 spiro atoms. The molecule has 15 heavy (non-hydrogen) atoms. The Morgan fingerprint density at radius 3 is 2.53 bits per heavy atom. The van der Waals surface area contributed by atoms with Gasteiger partial charge in [-0.05, 0) is 55.6 Å². The van der Waals surface area contributed by atoms with Crippen LogP contribution in [0.3, 0.4) is 0 Å². The molecule has 0 atom stereocenters. The summed E-state index contributed by atoms with van der Waals surface area (Å²) in [5, 5.41) is 0. The maximum atomic E-state index is 4.33. The Balaban J connectivity index is 2.21. The quantitative estimate of drug-likeness (QED) is 0.796. The van der Waals surface area contributed by atoms with E-state index in [-0.39, 0.29) is 0 Å². The van der Waals surface area contributed by atoms with E-state index in [9.17, 15) is 0 Å². The third-order valence-corrected chi connectivity index (χ3v) is 4.02. The van der Waals surface area contributed by atoms with Crippen molar-refractivity contribution < 1.29 is 0 Å². The lowest BCUT2D eigenvalue weighted by Crippen LogP contribution is -1.81. The van der Waals surface area contributed by atoms with Gasteiger partial charge in [-0.25, -0.2) is 4.98 Å². The van der Waals surface area contributed by atoms with Gasteiger partial charge in [-0.2, -0.15) is 4.37 Å².